The van der Waals surface area contributed by atoms with Crippen LogP contribution < -0.4 is 16.0 Å². The van der Waals surface area contributed by atoms with Gasteiger partial charge in [0.25, 0.3) is 0 Å². The standard InChI is InChI=1S/C20H19F2N3O6/c1-10(27)23-7-13-8-25(20(29)30-13)12-5-14(21)18(15(22)6-12)11-2-3-24-16(4-11)17(9-26)31-19(24)28/h2,5-6,13,26H,3-4,7-9H2,1H3,(H,23,27)/t13-/m0/s1. The van der Waals surface area contributed by atoms with Gasteiger partial charge >= 0.3 is 11.8 Å². The second-order valence-electron chi connectivity index (χ2n) is 7.25. The molecule has 2 N–H and O–H groups in total. The van der Waals surface area contributed by atoms with Crippen LogP contribution in [0.2, 0.25) is 0 Å². The van der Waals surface area contributed by atoms with Crippen LogP contribution in [-0.2, 0) is 29.1 Å². The first-order valence-corrected chi connectivity index (χ1v) is 9.51. The lowest BCUT2D eigenvalue weighted by Crippen LogP contribution is -2.33. The van der Waals surface area contributed by atoms with E-state index in [1.165, 1.54) is 17.6 Å². The number of carbonyl (C=O) groups is 2. The summed E-state index contributed by atoms with van der Waals surface area (Å²) >= 11 is 0. The molecule has 3 heterocycles. The Morgan fingerprint density at radius 2 is 2.00 bits per heavy atom. The van der Waals surface area contributed by atoms with Gasteiger partial charge in [0.1, 0.15) is 24.3 Å². The van der Waals surface area contributed by atoms with Crippen LogP contribution in [0.1, 0.15) is 23.9 Å². The van der Waals surface area contributed by atoms with E-state index in [1.807, 2.05) is 0 Å². The maximum atomic E-state index is 14.9. The summed E-state index contributed by atoms with van der Waals surface area (Å²) in [5.74, 6) is -2.65. The predicted molar refractivity (Wildman–Crippen MR) is 103 cm³/mol. The zero-order valence-electron chi connectivity index (χ0n) is 16.5. The van der Waals surface area contributed by atoms with Crippen LogP contribution in [0.3, 0.4) is 0 Å². The molecule has 0 saturated carbocycles. The maximum absolute atomic E-state index is 14.9. The van der Waals surface area contributed by atoms with Crippen molar-refractivity contribution in [2.45, 2.75) is 32.6 Å². The van der Waals surface area contributed by atoms with Gasteiger partial charge in [-0.15, -0.1) is 0 Å². The Morgan fingerprint density at radius 3 is 2.65 bits per heavy atom. The largest absolute Gasteiger partial charge is 0.442 e. The molecule has 0 radical (unpaired) electrons. The number of benzene rings is 1. The van der Waals surface area contributed by atoms with Gasteiger partial charge in [-0.3, -0.25) is 14.3 Å². The second-order valence-corrected chi connectivity index (χ2v) is 7.25. The van der Waals surface area contributed by atoms with Crippen molar-refractivity contribution in [1.29, 1.82) is 0 Å². The molecule has 1 aromatic heterocycles. The number of fused-ring (bicyclic) bond motifs is 1. The van der Waals surface area contributed by atoms with Gasteiger partial charge in [-0.05, 0) is 17.7 Å². The molecule has 11 heteroatoms. The lowest BCUT2D eigenvalue weighted by molar-refractivity contribution is -0.119. The van der Waals surface area contributed by atoms with Crippen molar-refractivity contribution >= 4 is 23.3 Å². The minimum Gasteiger partial charge on any atom is -0.442 e. The van der Waals surface area contributed by atoms with Gasteiger partial charge in [0.15, 0.2) is 5.76 Å². The summed E-state index contributed by atoms with van der Waals surface area (Å²) in [4.78, 5) is 36.0. The summed E-state index contributed by atoms with van der Waals surface area (Å²) < 4.78 is 41.2. The molecule has 0 spiro atoms. The zero-order valence-corrected chi connectivity index (χ0v) is 16.5. The molecule has 0 bridgehead atoms. The molecule has 2 aliphatic rings. The van der Waals surface area contributed by atoms with Crippen LogP contribution in [0.15, 0.2) is 27.4 Å². The molecular weight excluding hydrogens is 416 g/mol. The van der Waals surface area contributed by atoms with Crippen molar-refractivity contribution in [2.75, 3.05) is 18.0 Å². The lowest BCUT2D eigenvalue weighted by Gasteiger charge is -2.19. The third-order valence-corrected chi connectivity index (χ3v) is 5.21. The molecule has 31 heavy (non-hydrogen) atoms. The fourth-order valence-corrected chi connectivity index (χ4v) is 3.75. The van der Waals surface area contributed by atoms with Gasteiger partial charge in [-0.2, -0.15) is 0 Å². The third-order valence-electron chi connectivity index (χ3n) is 5.21. The molecule has 0 unspecified atom stereocenters. The van der Waals surface area contributed by atoms with Gasteiger partial charge < -0.3 is 19.6 Å². The first kappa shape index (κ1) is 20.8. The summed E-state index contributed by atoms with van der Waals surface area (Å²) in [5.41, 5.74) is 0.359. The number of halogens is 2. The van der Waals surface area contributed by atoms with E-state index in [0.717, 1.165) is 17.0 Å². The SMILES string of the molecule is CC(=O)NC[C@H]1CN(c2cc(F)c(C3=CCn4c(c(CO)oc4=O)C3)c(F)c2)C(=O)O1. The number of rotatable bonds is 5. The molecule has 1 atom stereocenters. The molecule has 1 saturated heterocycles. The number of aliphatic hydroxyl groups excluding tert-OH is 1. The Balaban J connectivity index is 1.59. The molecule has 2 aromatic rings. The van der Waals surface area contributed by atoms with Crippen LogP contribution in [0.5, 0.6) is 0 Å². The van der Waals surface area contributed by atoms with E-state index in [-0.39, 0.29) is 49.0 Å². The van der Waals surface area contributed by atoms with Crippen molar-refractivity contribution in [3.05, 3.63) is 57.4 Å². The average Bonchev–Trinajstić information content (AvgIpc) is 3.25. The number of hydrogen-bond acceptors (Lipinski definition) is 6. The minimum absolute atomic E-state index is 0.000629. The Bertz CT molecular complexity index is 1130. The number of cyclic esters (lactones) is 1. The highest BCUT2D eigenvalue weighted by molar-refractivity contribution is 5.90. The van der Waals surface area contributed by atoms with Crippen molar-refractivity contribution in [3.8, 4) is 0 Å². The number of nitrogens with one attached hydrogen (secondary N) is 1. The van der Waals surface area contributed by atoms with Crippen LogP contribution >= 0.6 is 0 Å². The zero-order chi connectivity index (χ0) is 22.3. The van der Waals surface area contributed by atoms with E-state index >= 15 is 0 Å². The van der Waals surface area contributed by atoms with Crippen molar-refractivity contribution in [1.82, 2.24) is 9.88 Å². The van der Waals surface area contributed by atoms with Gasteiger partial charge in [0.2, 0.25) is 5.91 Å². The van der Waals surface area contributed by atoms with Crippen LogP contribution in [-0.4, -0.2) is 40.9 Å². The highest BCUT2D eigenvalue weighted by atomic mass is 19.1. The van der Waals surface area contributed by atoms with Gasteiger partial charge in [0.05, 0.1) is 24.5 Å². The lowest BCUT2D eigenvalue weighted by atomic mass is 9.96. The van der Waals surface area contributed by atoms with Crippen molar-refractivity contribution < 1.29 is 32.6 Å². The summed E-state index contributed by atoms with van der Waals surface area (Å²) in [6, 6.07) is 2.07. The maximum Gasteiger partial charge on any atom is 0.419 e. The first-order chi connectivity index (χ1) is 14.8. The fourth-order valence-electron chi connectivity index (χ4n) is 3.75. The molecule has 0 aliphatic carbocycles. The smallest absolute Gasteiger partial charge is 0.419 e. The normalized spacial score (nSPS) is 17.9. The summed E-state index contributed by atoms with van der Waals surface area (Å²) in [7, 11) is 0. The number of nitrogens with zero attached hydrogens (tertiary/aromatic N) is 2. The van der Waals surface area contributed by atoms with E-state index in [2.05, 4.69) is 5.32 Å². The third kappa shape index (κ3) is 3.83. The topological polar surface area (TPSA) is 114 Å². The molecule has 4 rings (SSSR count). The number of carbonyl (C=O) groups excluding carboxylic acids is 2. The summed E-state index contributed by atoms with van der Waals surface area (Å²) in [6.45, 7) is 0.987. The van der Waals surface area contributed by atoms with Crippen LogP contribution in [0.25, 0.3) is 5.57 Å². The number of oxazole rings is 1. The molecule has 2 aliphatic heterocycles. The Labute approximate surface area is 174 Å². The van der Waals surface area contributed by atoms with E-state index < -0.39 is 36.2 Å². The van der Waals surface area contributed by atoms with E-state index in [1.54, 1.807) is 0 Å². The summed E-state index contributed by atoms with van der Waals surface area (Å²) in [5, 5.41) is 11.9. The fraction of sp³-hybridized carbons (Fsp3) is 0.350. The van der Waals surface area contributed by atoms with Gasteiger partial charge in [0, 0.05) is 25.5 Å². The van der Waals surface area contributed by atoms with Crippen LogP contribution in [0.4, 0.5) is 19.3 Å². The molecule has 2 amide bonds. The Hall–Kier alpha value is -3.47. The van der Waals surface area contributed by atoms with E-state index in [0.29, 0.717) is 11.3 Å². The van der Waals surface area contributed by atoms with Crippen molar-refractivity contribution in [3.63, 3.8) is 0 Å². The number of hydrogen-bond donors (Lipinski definition) is 2. The summed E-state index contributed by atoms with van der Waals surface area (Å²) in [6.07, 6.45) is 0.103. The number of anilines is 1. The molecule has 1 aromatic carbocycles. The number of allylic oxidation sites excluding steroid dienone is 2. The van der Waals surface area contributed by atoms with Crippen LogP contribution in [0, 0.1) is 11.6 Å². The number of ether oxygens (including phenoxy) is 1. The van der Waals surface area contributed by atoms with E-state index in [9.17, 15) is 28.3 Å². The first-order valence-electron chi connectivity index (χ1n) is 9.51. The second kappa shape index (κ2) is 7.99. The molecular formula is C20H19F2N3O6. The number of amides is 2. The molecule has 9 nitrogen and oxygen atoms in total. The van der Waals surface area contributed by atoms with Gasteiger partial charge in [-0.1, -0.05) is 6.08 Å². The van der Waals surface area contributed by atoms with Crippen molar-refractivity contribution in [2.24, 2.45) is 0 Å². The Morgan fingerprint density at radius 1 is 1.29 bits per heavy atom. The monoisotopic (exact) mass is 435 g/mol. The molecule has 164 valence electrons. The number of aliphatic hydroxyl groups is 1. The molecule has 1 fully saturated rings. The Kier molecular flexibility index (Phi) is 5.36. The highest BCUT2D eigenvalue weighted by Gasteiger charge is 2.34. The number of aromatic nitrogens is 1. The van der Waals surface area contributed by atoms with Gasteiger partial charge in [-0.25, -0.2) is 18.4 Å². The van der Waals surface area contributed by atoms with E-state index in [4.69, 9.17) is 9.15 Å². The predicted octanol–water partition coefficient (Wildman–Crippen LogP) is 1.31. The quantitative estimate of drug-likeness (QED) is 0.732. The average molecular weight is 435 g/mol. The minimum atomic E-state index is -0.885. The highest BCUT2D eigenvalue weighted by Crippen LogP contribution is 2.33.